The quantitative estimate of drug-likeness (QED) is 0.745. The van der Waals surface area contributed by atoms with Gasteiger partial charge in [0.15, 0.2) is 15.0 Å². The fourth-order valence-corrected chi connectivity index (χ4v) is 5.13. The Morgan fingerprint density at radius 2 is 2.08 bits per heavy atom. The number of thioether (sulfide) groups is 1. The number of rotatable bonds is 6. The first-order chi connectivity index (χ1) is 11.9. The fourth-order valence-electron chi connectivity index (χ4n) is 2.71. The van der Waals surface area contributed by atoms with Crippen molar-refractivity contribution in [2.45, 2.75) is 24.0 Å². The number of benzene rings is 1. The van der Waals surface area contributed by atoms with Crippen LogP contribution in [0.15, 0.2) is 35.5 Å². The Bertz CT molecular complexity index is 850. The molecule has 1 fully saturated rings. The molecule has 25 heavy (non-hydrogen) atoms. The highest BCUT2D eigenvalue weighted by Gasteiger charge is 2.28. The molecule has 0 saturated carbocycles. The zero-order valence-electron chi connectivity index (χ0n) is 13.9. The molecule has 0 spiro atoms. The van der Waals surface area contributed by atoms with Crippen LogP contribution < -0.4 is 5.32 Å². The van der Waals surface area contributed by atoms with Gasteiger partial charge in [-0.1, -0.05) is 42.1 Å². The minimum absolute atomic E-state index is 0.0363. The van der Waals surface area contributed by atoms with E-state index >= 15 is 0 Å². The molecule has 1 saturated heterocycles. The number of aromatic nitrogens is 3. The maximum atomic E-state index is 12.0. The monoisotopic (exact) mass is 380 g/mol. The molecule has 1 atom stereocenters. The molecule has 0 radical (unpaired) electrons. The molecule has 1 N–H and O–H groups in total. The number of hydrogen-bond donors (Lipinski definition) is 1. The molecule has 1 aliphatic heterocycles. The lowest BCUT2D eigenvalue weighted by atomic mass is 10.1. The lowest BCUT2D eigenvalue weighted by Crippen LogP contribution is -2.36. The lowest BCUT2D eigenvalue weighted by molar-refractivity contribution is -0.119. The van der Waals surface area contributed by atoms with Crippen LogP contribution in [0.5, 0.6) is 0 Å². The van der Waals surface area contributed by atoms with E-state index in [1.807, 2.05) is 41.9 Å². The average molecular weight is 380 g/mol. The number of amides is 1. The highest BCUT2D eigenvalue weighted by molar-refractivity contribution is 7.99. The van der Waals surface area contributed by atoms with Crippen molar-refractivity contribution in [3.8, 4) is 0 Å². The van der Waals surface area contributed by atoms with Crippen LogP contribution in [0.25, 0.3) is 0 Å². The van der Waals surface area contributed by atoms with Gasteiger partial charge in [0.05, 0.1) is 17.3 Å². The van der Waals surface area contributed by atoms with Gasteiger partial charge in [0.25, 0.3) is 0 Å². The van der Waals surface area contributed by atoms with Crippen LogP contribution in [0, 0.1) is 0 Å². The second-order valence-corrected chi connectivity index (χ2v) is 9.25. The van der Waals surface area contributed by atoms with E-state index in [-0.39, 0.29) is 29.2 Å². The lowest BCUT2D eigenvalue weighted by Gasteiger charge is -2.10. The summed E-state index contributed by atoms with van der Waals surface area (Å²) in [5.41, 5.74) is 1.15. The molecule has 1 aromatic heterocycles. The van der Waals surface area contributed by atoms with E-state index < -0.39 is 9.84 Å². The van der Waals surface area contributed by atoms with Gasteiger partial charge < -0.3 is 9.88 Å². The Hall–Kier alpha value is -1.87. The van der Waals surface area contributed by atoms with Crippen LogP contribution in [-0.2, 0) is 28.1 Å². The minimum atomic E-state index is -2.99. The fraction of sp³-hybridized carbons (Fsp3) is 0.438. The molecule has 1 amide bonds. The van der Waals surface area contributed by atoms with Crippen LogP contribution in [-0.4, -0.2) is 52.4 Å². The first-order valence-corrected chi connectivity index (χ1v) is 10.8. The molecule has 2 heterocycles. The second kappa shape index (κ2) is 7.57. The minimum Gasteiger partial charge on any atom is -0.352 e. The molecular formula is C16H20N4O3S2. The third-order valence-corrected chi connectivity index (χ3v) is 6.85. The summed E-state index contributed by atoms with van der Waals surface area (Å²) in [7, 11) is -1.11. The molecule has 9 heteroatoms. The van der Waals surface area contributed by atoms with E-state index in [9.17, 15) is 13.2 Å². The molecule has 7 nitrogen and oxygen atoms in total. The summed E-state index contributed by atoms with van der Waals surface area (Å²) in [6.07, 6.45) is 1.17. The topological polar surface area (TPSA) is 93.9 Å². The van der Waals surface area contributed by atoms with Gasteiger partial charge in [-0.05, 0) is 12.0 Å². The summed E-state index contributed by atoms with van der Waals surface area (Å²) in [5.74, 6) is 1.02. The van der Waals surface area contributed by atoms with Gasteiger partial charge in [-0.3, -0.25) is 4.79 Å². The first kappa shape index (κ1) is 17.9. The molecule has 0 aliphatic carbocycles. The SMILES string of the molecule is Cn1c(Cc2ccccc2)nnc1SCC(=O)N[C@@H]1CCS(=O)(=O)C1. The van der Waals surface area contributed by atoms with Crippen molar-refractivity contribution in [2.75, 3.05) is 17.3 Å². The Labute approximate surface area is 151 Å². The van der Waals surface area contributed by atoms with Gasteiger partial charge in [-0.25, -0.2) is 8.42 Å². The van der Waals surface area contributed by atoms with Crippen molar-refractivity contribution < 1.29 is 13.2 Å². The number of nitrogens with zero attached hydrogens (tertiary/aromatic N) is 3. The van der Waals surface area contributed by atoms with Crippen LogP contribution in [0.4, 0.5) is 0 Å². The van der Waals surface area contributed by atoms with Crippen molar-refractivity contribution in [3.05, 3.63) is 41.7 Å². The van der Waals surface area contributed by atoms with Crippen molar-refractivity contribution in [3.63, 3.8) is 0 Å². The van der Waals surface area contributed by atoms with Gasteiger partial charge in [0.2, 0.25) is 5.91 Å². The van der Waals surface area contributed by atoms with E-state index in [1.54, 1.807) is 0 Å². The smallest absolute Gasteiger partial charge is 0.230 e. The Morgan fingerprint density at radius 1 is 1.32 bits per heavy atom. The number of sulfone groups is 1. The normalized spacial score (nSPS) is 19.0. The maximum absolute atomic E-state index is 12.0. The van der Waals surface area contributed by atoms with Crippen LogP contribution in [0.3, 0.4) is 0 Å². The highest BCUT2D eigenvalue weighted by Crippen LogP contribution is 2.18. The standard InChI is InChI=1S/C16H20N4O3S2/c1-20-14(9-12-5-3-2-4-6-12)18-19-16(20)24-10-15(21)17-13-7-8-25(22,23)11-13/h2-6,13H,7-11H2,1H3,(H,17,21)/t13-/m1/s1. The van der Waals surface area contributed by atoms with Gasteiger partial charge in [0, 0.05) is 19.5 Å². The summed E-state index contributed by atoms with van der Waals surface area (Å²) >= 11 is 1.30. The molecular weight excluding hydrogens is 360 g/mol. The van der Waals surface area contributed by atoms with Gasteiger partial charge >= 0.3 is 0 Å². The number of hydrogen-bond acceptors (Lipinski definition) is 6. The van der Waals surface area contributed by atoms with Crippen molar-refractivity contribution in [2.24, 2.45) is 7.05 Å². The molecule has 0 unspecified atom stereocenters. The van der Waals surface area contributed by atoms with Crippen molar-refractivity contribution in [1.82, 2.24) is 20.1 Å². The van der Waals surface area contributed by atoms with Crippen LogP contribution in [0.1, 0.15) is 17.8 Å². The largest absolute Gasteiger partial charge is 0.352 e. The Kier molecular flexibility index (Phi) is 5.43. The van der Waals surface area contributed by atoms with Gasteiger partial charge in [-0.2, -0.15) is 0 Å². The Balaban J connectivity index is 1.52. The summed E-state index contributed by atoms with van der Waals surface area (Å²) in [5, 5.41) is 11.8. The Morgan fingerprint density at radius 3 is 2.76 bits per heavy atom. The maximum Gasteiger partial charge on any atom is 0.230 e. The molecule has 1 aromatic carbocycles. The van der Waals surface area contributed by atoms with E-state index in [4.69, 9.17) is 0 Å². The molecule has 134 valence electrons. The molecule has 0 bridgehead atoms. The van der Waals surface area contributed by atoms with E-state index in [0.717, 1.165) is 11.4 Å². The zero-order chi connectivity index (χ0) is 17.9. The average Bonchev–Trinajstić information content (AvgIpc) is 3.09. The predicted molar refractivity (Wildman–Crippen MR) is 96.2 cm³/mol. The second-order valence-electron chi connectivity index (χ2n) is 6.08. The number of carbonyl (C=O) groups excluding carboxylic acids is 1. The summed E-state index contributed by atoms with van der Waals surface area (Å²) in [6, 6.07) is 9.72. The van der Waals surface area contributed by atoms with Crippen molar-refractivity contribution >= 4 is 27.5 Å². The van der Waals surface area contributed by atoms with Crippen molar-refractivity contribution in [1.29, 1.82) is 0 Å². The number of nitrogens with one attached hydrogen (secondary N) is 1. The third kappa shape index (κ3) is 4.82. The highest BCUT2D eigenvalue weighted by atomic mass is 32.2. The predicted octanol–water partition coefficient (Wildman–Crippen LogP) is 0.801. The first-order valence-electron chi connectivity index (χ1n) is 7.98. The summed E-state index contributed by atoms with van der Waals surface area (Å²) in [6.45, 7) is 0. The van der Waals surface area contributed by atoms with Crippen LogP contribution in [0.2, 0.25) is 0 Å². The van der Waals surface area contributed by atoms with E-state index in [1.165, 1.54) is 11.8 Å². The number of carbonyl (C=O) groups is 1. The van der Waals surface area contributed by atoms with Crippen LogP contribution >= 0.6 is 11.8 Å². The van der Waals surface area contributed by atoms with Gasteiger partial charge in [-0.15, -0.1) is 10.2 Å². The summed E-state index contributed by atoms with van der Waals surface area (Å²) in [4.78, 5) is 12.0. The summed E-state index contributed by atoms with van der Waals surface area (Å²) < 4.78 is 24.7. The van der Waals surface area contributed by atoms with E-state index in [2.05, 4.69) is 15.5 Å². The zero-order valence-corrected chi connectivity index (χ0v) is 15.5. The third-order valence-electron chi connectivity index (χ3n) is 4.06. The molecule has 3 rings (SSSR count). The van der Waals surface area contributed by atoms with E-state index in [0.29, 0.717) is 18.0 Å². The molecule has 1 aliphatic rings. The van der Waals surface area contributed by atoms with Gasteiger partial charge in [0.1, 0.15) is 5.82 Å². The molecule has 2 aromatic rings.